The maximum Gasteiger partial charge on any atom is 0.266 e. The summed E-state index contributed by atoms with van der Waals surface area (Å²) in [6.07, 6.45) is 1.48. The lowest BCUT2D eigenvalue weighted by molar-refractivity contribution is 0.402. The van der Waals surface area contributed by atoms with Gasteiger partial charge in [-0.25, -0.2) is 8.42 Å². The number of anilines is 1. The summed E-state index contributed by atoms with van der Waals surface area (Å²) in [6, 6.07) is 13.3. The van der Waals surface area contributed by atoms with Crippen LogP contribution in [0.25, 0.3) is 22.3 Å². The maximum absolute atomic E-state index is 12.9. The zero-order valence-electron chi connectivity index (χ0n) is 13.5. The minimum Gasteiger partial charge on any atom is -0.495 e. The van der Waals surface area contributed by atoms with E-state index < -0.39 is 10.0 Å². The third kappa shape index (κ3) is 2.78. The van der Waals surface area contributed by atoms with E-state index in [1.807, 2.05) is 0 Å². The van der Waals surface area contributed by atoms with Gasteiger partial charge in [0.2, 0.25) is 0 Å². The lowest BCUT2D eigenvalue weighted by Crippen LogP contribution is -2.14. The number of benzene rings is 2. The predicted octanol–water partition coefficient (Wildman–Crippen LogP) is 3.29. The summed E-state index contributed by atoms with van der Waals surface area (Å²) >= 11 is 0. The summed E-state index contributed by atoms with van der Waals surface area (Å²) in [4.78, 5) is -0.0546. The van der Waals surface area contributed by atoms with Gasteiger partial charge in [0.15, 0.2) is 17.2 Å². The summed E-state index contributed by atoms with van der Waals surface area (Å²) in [7, 11) is -2.59. The average Bonchev–Trinajstić information content (AvgIpc) is 3.32. The third-order valence-corrected chi connectivity index (χ3v) is 5.14. The predicted molar refractivity (Wildman–Crippen MR) is 93.3 cm³/mol. The first-order chi connectivity index (χ1) is 12.6. The minimum absolute atomic E-state index is 0.0546. The monoisotopic (exact) mass is 371 g/mol. The van der Waals surface area contributed by atoms with Crippen molar-refractivity contribution in [2.75, 3.05) is 11.8 Å². The Morgan fingerprint density at radius 1 is 1.08 bits per heavy atom. The van der Waals surface area contributed by atoms with Crippen LogP contribution in [0.15, 0.2) is 68.7 Å². The Morgan fingerprint density at radius 3 is 2.69 bits per heavy atom. The highest BCUT2D eigenvalue weighted by atomic mass is 32.2. The normalized spacial score (nSPS) is 11.6. The Bertz CT molecular complexity index is 1170. The molecule has 0 atom stereocenters. The second-order valence-corrected chi connectivity index (χ2v) is 7.03. The fourth-order valence-corrected chi connectivity index (χ4v) is 3.76. The molecule has 0 saturated heterocycles. The molecule has 0 aliphatic rings. The van der Waals surface area contributed by atoms with Gasteiger partial charge < -0.3 is 13.8 Å². The van der Waals surface area contributed by atoms with Crippen LogP contribution in [0.5, 0.6) is 5.75 Å². The second-order valence-electron chi connectivity index (χ2n) is 5.38. The van der Waals surface area contributed by atoms with Gasteiger partial charge in [0.25, 0.3) is 10.0 Å². The van der Waals surface area contributed by atoms with Crippen LogP contribution >= 0.6 is 0 Å². The van der Waals surface area contributed by atoms with Crippen LogP contribution in [0.4, 0.5) is 5.82 Å². The van der Waals surface area contributed by atoms with E-state index >= 15 is 0 Å². The fourth-order valence-electron chi connectivity index (χ4n) is 2.55. The first kappa shape index (κ1) is 16.2. The molecule has 26 heavy (non-hydrogen) atoms. The molecule has 2 heterocycles. The van der Waals surface area contributed by atoms with Crippen molar-refractivity contribution in [3.8, 4) is 17.1 Å². The van der Waals surface area contributed by atoms with E-state index in [1.54, 1.807) is 42.5 Å². The number of fused-ring (bicyclic) bond motifs is 1. The van der Waals surface area contributed by atoms with Gasteiger partial charge in [-0.2, -0.15) is 0 Å². The number of nitrogens with zero attached hydrogens (tertiary/aromatic N) is 2. The molecule has 1 N–H and O–H groups in total. The van der Waals surface area contributed by atoms with Crippen molar-refractivity contribution in [3.05, 3.63) is 54.7 Å². The van der Waals surface area contributed by atoms with Crippen molar-refractivity contribution in [1.82, 2.24) is 10.3 Å². The van der Waals surface area contributed by atoms with Crippen LogP contribution in [-0.2, 0) is 10.0 Å². The number of para-hydroxylation sites is 1. The summed E-state index contributed by atoms with van der Waals surface area (Å²) < 4.78 is 43.7. The van der Waals surface area contributed by atoms with E-state index in [0.717, 1.165) is 0 Å². The molecular weight excluding hydrogens is 358 g/mol. The van der Waals surface area contributed by atoms with Crippen LogP contribution in [0.2, 0.25) is 0 Å². The van der Waals surface area contributed by atoms with Gasteiger partial charge in [0.05, 0.1) is 18.7 Å². The van der Waals surface area contributed by atoms with Crippen LogP contribution in [0.1, 0.15) is 0 Å². The lowest BCUT2D eigenvalue weighted by Gasteiger charge is -2.11. The van der Waals surface area contributed by atoms with Gasteiger partial charge >= 0.3 is 0 Å². The van der Waals surface area contributed by atoms with Gasteiger partial charge in [0, 0.05) is 11.6 Å². The quantitative estimate of drug-likeness (QED) is 0.573. The fraction of sp³-hybridized carbons (Fsp3) is 0.0588. The zero-order valence-corrected chi connectivity index (χ0v) is 14.4. The summed E-state index contributed by atoms with van der Waals surface area (Å²) in [5, 5.41) is 7.99. The molecule has 0 amide bonds. The van der Waals surface area contributed by atoms with E-state index in [-0.39, 0.29) is 16.5 Å². The van der Waals surface area contributed by atoms with Gasteiger partial charge in [-0.15, -0.1) is 0 Å². The maximum atomic E-state index is 12.9. The molecule has 0 unspecified atom stereocenters. The van der Waals surface area contributed by atoms with Crippen LogP contribution in [0.3, 0.4) is 0 Å². The highest BCUT2D eigenvalue weighted by Crippen LogP contribution is 2.32. The Hall–Kier alpha value is -3.33. The molecule has 0 fully saturated rings. The zero-order chi connectivity index (χ0) is 18.1. The number of nitrogens with one attached hydrogen (secondary N) is 1. The van der Waals surface area contributed by atoms with Crippen LogP contribution < -0.4 is 9.46 Å². The van der Waals surface area contributed by atoms with Crippen molar-refractivity contribution < 1.29 is 22.2 Å². The molecular formula is C17H13N3O5S. The molecule has 0 aliphatic carbocycles. The van der Waals surface area contributed by atoms with Gasteiger partial charge in [-0.05, 0) is 30.3 Å². The number of aromatic nitrogens is 2. The van der Waals surface area contributed by atoms with Gasteiger partial charge in [-0.3, -0.25) is 4.72 Å². The molecule has 2 aromatic heterocycles. The molecule has 4 rings (SSSR count). The molecule has 0 spiro atoms. The van der Waals surface area contributed by atoms with E-state index in [1.165, 1.54) is 19.4 Å². The number of sulfonamides is 1. The number of rotatable bonds is 5. The molecule has 0 radical (unpaired) electrons. The Kier molecular flexibility index (Phi) is 3.85. The standard InChI is InChI=1S/C17H13N3O5S/c1-23-15-7-6-11(13-8-9-18-24-13)10-16(15)26(21,22)20-17-12-4-2-3-5-14(12)25-19-17/h2-10H,1H3,(H,19,20). The van der Waals surface area contributed by atoms with Gasteiger partial charge in [-0.1, -0.05) is 22.4 Å². The Morgan fingerprint density at radius 2 is 1.92 bits per heavy atom. The van der Waals surface area contributed by atoms with Crippen molar-refractivity contribution in [1.29, 1.82) is 0 Å². The molecule has 0 saturated carbocycles. The number of ether oxygens (including phenoxy) is 1. The van der Waals surface area contributed by atoms with E-state index in [2.05, 4.69) is 15.0 Å². The van der Waals surface area contributed by atoms with Crippen molar-refractivity contribution in [2.45, 2.75) is 4.90 Å². The first-order valence-corrected chi connectivity index (χ1v) is 9.03. The van der Waals surface area contributed by atoms with E-state index in [9.17, 15) is 8.42 Å². The van der Waals surface area contributed by atoms with Crippen LogP contribution in [-0.4, -0.2) is 25.8 Å². The van der Waals surface area contributed by atoms with E-state index in [0.29, 0.717) is 22.3 Å². The number of hydrogen-bond acceptors (Lipinski definition) is 7. The lowest BCUT2D eigenvalue weighted by atomic mass is 10.2. The molecule has 2 aromatic carbocycles. The van der Waals surface area contributed by atoms with Crippen LogP contribution in [0, 0.1) is 0 Å². The van der Waals surface area contributed by atoms with Crippen molar-refractivity contribution >= 4 is 26.8 Å². The topological polar surface area (TPSA) is 107 Å². The third-order valence-electron chi connectivity index (χ3n) is 3.78. The second kappa shape index (κ2) is 6.19. The average molecular weight is 371 g/mol. The molecule has 4 aromatic rings. The first-order valence-electron chi connectivity index (χ1n) is 7.55. The Labute approximate surface area is 148 Å². The molecule has 132 valence electrons. The molecule has 0 aliphatic heterocycles. The molecule has 9 heteroatoms. The number of methoxy groups -OCH3 is 1. The summed E-state index contributed by atoms with van der Waals surface area (Å²) in [6.45, 7) is 0. The Balaban J connectivity index is 1.78. The highest BCUT2D eigenvalue weighted by molar-refractivity contribution is 7.92. The SMILES string of the molecule is COc1ccc(-c2ccno2)cc1S(=O)(=O)Nc1noc2ccccc12. The largest absolute Gasteiger partial charge is 0.495 e. The summed E-state index contributed by atoms with van der Waals surface area (Å²) in [5.74, 6) is 0.734. The van der Waals surface area contributed by atoms with Crippen molar-refractivity contribution in [2.24, 2.45) is 0 Å². The van der Waals surface area contributed by atoms with Gasteiger partial charge in [0.1, 0.15) is 10.6 Å². The minimum atomic E-state index is -3.99. The highest BCUT2D eigenvalue weighted by Gasteiger charge is 2.23. The molecule has 0 bridgehead atoms. The summed E-state index contributed by atoms with van der Waals surface area (Å²) in [5.41, 5.74) is 1.03. The molecule has 8 nitrogen and oxygen atoms in total. The number of hydrogen-bond donors (Lipinski definition) is 1. The van der Waals surface area contributed by atoms with E-state index in [4.69, 9.17) is 13.8 Å². The smallest absolute Gasteiger partial charge is 0.266 e. The van der Waals surface area contributed by atoms with Crippen molar-refractivity contribution in [3.63, 3.8) is 0 Å².